The van der Waals surface area contributed by atoms with Crippen LogP contribution in [-0.2, 0) is 15.7 Å². The molecule has 0 saturated carbocycles. The molecular formula is C15H19F3N4O2. The van der Waals surface area contributed by atoms with Crippen molar-refractivity contribution < 1.29 is 22.7 Å². The highest BCUT2D eigenvalue weighted by atomic mass is 19.4. The van der Waals surface area contributed by atoms with Gasteiger partial charge in [0, 0.05) is 31.8 Å². The number of anilines is 1. The summed E-state index contributed by atoms with van der Waals surface area (Å²) < 4.78 is 43.4. The van der Waals surface area contributed by atoms with E-state index in [0.29, 0.717) is 39.1 Å². The Balaban J connectivity index is 1.54. The number of nitrogens with one attached hydrogen (secondary N) is 1. The van der Waals surface area contributed by atoms with Gasteiger partial charge in [-0.15, -0.1) is 0 Å². The quantitative estimate of drug-likeness (QED) is 0.902. The van der Waals surface area contributed by atoms with Gasteiger partial charge in [0.2, 0.25) is 5.91 Å². The average molecular weight is 344 g/mol. The number of rotatable bonds is 3. The Labute approximate surface area is 137 Å². The zero-order valence-electron chi connectivity index (χ0n) is 13.1. The minimum atomic E-state index is -4.48. The van der Waals surface area contributed by atoms with Crippen LogP contribution < -0.4 is 10.2 Å². The number of nitrogens with zero attached hydrogens (tertiary/aromatic N) is 3. The van der Waals surface area contributed by atoms with Crippen LogP contribution in [0, 0.1) is 5.92 Å². The van der Waals surface area contributed by atoms with Crippen molar-refractivity contribution in [2.24, 2.45) is 5.92 Å². The molecule has 0 radical (unpaired) electrons. The van der Waals surface area contributed by atoms with E-state index in [1.807, 2.05) is 0 Å². The molecule has 3 rings (SSSR count). The molecule has 0 unspecified atom stereocenters. The lowest BCUT2D eigenvalue weighted by Gasteiger charge is -2.33. The number of piperidine rings is 1. The van der Waals surface area contributed by atoms with Crippen molar-refractivity contribution in [3.8, 4) is 0 Å². The van der Waals surface area contributed by atoms with Crippen LogP contribution in [0.5, 0.6) is 0 Å². The smallest absolute Gasteiger partial charge is 0.381 e. The fourth-order valence-electron chi connectivity index (χ4n) is 2.99. The standard InChI is InChI=1S/C15H19F3N4O2/c16-15(17,18)12-7-13(20-9-19-12)22-4-1-11(2-5-22)21-14(23)10-3-6-24-8-10/h7,9-11H,1-6,8H2,(H,21,23)/t10-/m0/s1. The lowest BCUT2D eigenvalue weighted by molar-refractivity contribution is -0.141. The van der Waals surface area contributed by atoms with Crippen LogP contribution in [0.2, 0.25) is 0 Å². The van der Waals surface area contributed by atoms with Crippen molar-refractivity contribution in [2.45, 2.75) is 31.5 Å². The van der Waals surface area contributed by atoms with Crippen LogP contribution in [-0.4, -0.2) is 48.2 Å². The van der Waals surface area contributed by atoms with Crippen molar-refractivity contribution >= 4 is 11.7 Å². The van der Waals surface area contributed by atoms with Gasteiger partial charge in [0.1, 0.15) is 17.8 Å². The van der Waals surface area contributed by atoms with E-state index in [0.717, 1.165) is 18.8 Å². The second-order valence-corrected chi connectivity index (χ2v) is 6.09. The number of ether oxygens (including phenoxy) is 1. The summed E-state index contributed by atoms with van der Waals surface area (Å²) in [5.41, 5.74) is -0.941. The number of carbonyl (C=O) groups is 1. The third-order valence-electron chi connectivity index (χ3n) is 4.41. The molecule has 2 saturated heterocycles. The molecule has 132 valence electrons. The van der Waals surface area contributed by atoms with E-state index in [4.69, 9.17) is 4.74 Å². The van der Waals surface area contributed by atoms with Crippen molar-refractivity contribution in [3.63, 3.8) is 0 Å². The minimum Gasteiger partial charge on any atom is -0.381 e. The average Bonchev–Trinajstić information content (AvgIpc) is 3.09. The Morgan fingerprint density at radius 1 is 1.25 bits per heavy atom. The van der Waals surface area contributed by atoms with Crippen LogP contribution in [0.25, 0.3) is 0 Å². The maximum absolute atomic E-state index is 12.7. The highest BCUT2D eigenvalue weighted by Crippen LogP contribution is 2.29. The van der Waals surface area contributed by atoms with Gasteiger partial charge in [0.15, 0.2) is 0 Å². The summed E-state index contributed by atoms with van der Waals surface area (Å²) in [5, 5.41) is 3.01. The van der Waals surface area contributed by atoms with E-state index in [2.05, 4.69) is 15.3 Å². The SMILES string of the molecule is O=C(NC1CCN(c2cc(C(F)(F)F)ncn2)CC1)[C@H]1CCOC1. The van der Waals surface area contributed by atoms with E-state index < -0.39 is 11.9 Å². The predicted molar refractivity (Wildman–Crippen MR) is 79.3 cm³/mol. The van der Waals surface area contributed by atoms with E-state index in [1.165, 1.54) is 0 Å². The van der Waals surface area contributed by atoms with Gasteiger partial charge in [0.05, 0.1) is 12.5 Å². The third-order valence-corrected chi connectivity index (χ3v) is 4.41. The molecule has 1 atom stereocenters. The van der Waals surface area contributed by atoms with Crippen LogP contribution in [0.4, 0.5) is 19.0 Å². The second kappa shape index (κ2) is 6.92. The molecule has 2 aliphatic heterocycles. The number of hydrogen-bond donors (Lipinski definition) is 1. The summed E-state index contributed by atoms with van der Waals surface area (Å²) in [6, 6.07) is 1.01. The predicted octanol–water partition coefficient (Wildman–Crippen LogP) is 1.62. The number of carbonyl (C=O) groups excluding carboxylic acids is 1. The molecule has 0 aliphatic carbocycles. The summed E-state index contributed by atoms with van der Waals surface area (Å²) in [6.07, 6.45) is -1.46. The van der Waals surface area contributed by atoms with Crippen LogP contribution in [0.3, 0.4) is 0 Å². The summed E-state index contributed by atoms with van der Waals surface area (Å²) in [6.45, 7) is 2.17. The zero-order chi connectivity index (χ0) is 17.2. The molecule has 1 amide bonds. The highest BCUT2D eigenvalue weighted by molar-refractivity contribution is 5.79. The van der Waals surface area contributed by atoms with Crippen molar-refractivity contribution in [2.75, 3.05) is 31.2 Å². The van der Waals surface area contributed by atoms with Gasteiger partial charge in [-0.3, -0.25) is 4.79 Å². The first-order valence-corrected chi connectivity index (χ1v) is 7.96. The maximum Gasteiger partial charge on any atom is 0.433 e. The largest absolute Gasteiger partial charge is 0.433 e. The fourth-order valence-corrected chi connectivity index (χ4v) is 2.99. The molecule has 3 heterocycles. The van der Waals surface area contributed by atoms with E-state index in [1.54, 1.807) is 4.90 Å². The fraction of sp³-hybridized carbons (Fsp3) is 0.667. The summed E-state index contributed by atoms with van der Waals surface area (Å²) >= 11 is 0. The number of halogens is 3. The molecule has 6 nitrogen and oxygen atoms in total. The number of alkyl halides is 3. The Morgan fingerprint density at radius 2 is 2.00 bits per heavy atom. The molecular weight excluding hydrogens is 325 g/mol. The van der Waals surface area contributed by atoms with Gasteiger partial charge < -0.3 is 15.0 Å². The zero-order valence-corrected chi connectivity index (χ0v) is 13.1. The van der Waals surface area contributed by atoms with E-state index >= 15 is 0 Å². The van der Waals surface area contributed by atoms with Gasteiger partial charge in [-0.25, -0.2) is 9.97 Å². The molecule has 0 bridgehead atoms. The maximum atomic E-state index is 12.7. The van der Waals surface area contributed by atoms with Gasteiger partial charge in [0.25, 0.3) is 0 Å². The van der Waals surface area contributed by atoms with Gasteiger partial charge in [-0.2, -0.15) is 13.2 Å². The van der Waals surface area contributed by atoms with Gasteiger partial charge in [-0.05, 0) is 19.3 Å². The van der Waals surface area contributed by atoms with Crippen molar-refractivity contribution in [1.29, 1.82) is 0 Å². The molecule has 9 heteroatoms. The van der Waals surface area contributed by atoms with Crippen molar-refractivity contribution in [3.05, 3.63) is 18.1 Å². The van der Waals surface area contributed by atoms with Crippen molar-refractivity contribution in [1.82, 2.24) is 15.3 Å². The monoisotopic (exact) mass is 344 g/mol. The van der Waals surface area contributed by atoms with Gasteiger partial charge >= 0.3 is 6.18 Å². The third kappa shape index (κ3) is 3.95. The Hall–Kier alpha value is -1.90. The number of amides is 1. The molecule has 1 aromatic rings. The second-order valence-electron chi connectivity index (χ2n) is 6.09. The first kappa shape index (κ1) is 16.9. The summed E-state index contributed by atoms with van der Waals surface area (Å²) in [7, 11) is 0. The van der Waals surface area contributed by atoms with E-state index in [-0.39, 0.29) is 23.7 Å². The molecule has 1 N–H and O–H groups in total. The van der Waals surface area contributed by atoms with Gasteiger partial charge in [-0.1, -0.05) is 0 Å². The molecule has 1 aromatic heterocycles. The van der Waals surface area contributed by atoms with Crippen LogP contribution in [0.1, 0.15) is 25.0 Å². The number of aromatic nitrogens is 2. The lowest BCUT2D eigenvalue weighted by Crippen LogP contribution is -2.46. The van der Waals surface area contributed by atoms with Crippen LogP contribution >= 0.6 is 0 Å². The first-order chi connectivity index (χ1) is 11.4. The first-order valence-electron chi connectivity index (χ1n) is 7.96. The normalized spacial score (nSPS) is 22.6. The summed E-state index contributed by atoms with van der Waals surface area (Å²) in [5.74, 6) is 0.192. The Kier molecular flexibility index (Phi) is 4.88. The molecule has 0 spiro atoms. The van der Waals surface area contributed by atoms with Crippen LogP contribution in [0.15, 0.2) is 12.4 Å². The molecule has 2 aliphatic rings. The Bertz CT molecular complexity index is 582. The molecule has 0 aromatic carbocycles. The summed E-state index contributed by atoms with van der Waals surface area (Å²) in [4.78, 5) is 21.1. The minimum absolute atomic E-state index is 0.00680. The lowest BCUT2D eigenvalue weighted by atomic mass is 10.0. The molecule has 2 fully saturated rings. The van der Waals surface area contributed by atoms with E-state index in [9.17, 15) is 18.0 Å². The Morgan fingerprint density at radius 3 is 2.62 bits per heavy atom. The molecule has 24 heavy (non-hydrogen) atoms. The highest BCUT2D eigenvalue weighted by Gasteiger charge is 2.34. The topological polar surface area (TPSA) is 67.4 Å². The number of hydrogen-bond acceptors (Lipinski definition) is 5.